The van der Waals surface area contributed by atoms with Crippen LogP contribution in [-0.2, 0) is 0 Å². The maximum absolute atomic E-state index is 13.3. The summed E-state index contributed by atoms with van der Waals surface area (Å²) in [4.78, 5) is 16.9. The zero-order valence-corrected chi connectivity index (χ0v) is 25.5. The number of para-hydroxylation sites is 2. The van der Waals surface area contributed by atoms with Crippen molar-refractivity contribution in [3.8, 4) is 22.5 Å². The second kappa shape index (κ2) is 12.1. The first kappa shape index (κ1) is 28.7. The third-order valence-electron chi connectivity index (χ3n) is 8.07. The van der Waals surface area contributed by atoms with E-state index in [1.54, 1.807) is 6.08 Å². The summed E-state index contributed by atoms with van der Waals surface area (Å²) in [5.41, 5.74) is 11.8. The number of nitrogens with one attached hydrogen (secondary N) is 3. The highest BCUT2D eigenvalue weighted by molar-refractivity contribution is 6.09. The van der Waals surface area contributed by atoms with Gasteiger partial charge in [-0.1, -0.05) is 60.7 Å². The fourth-order valence-electron chi connectivity index (χ4n) is 5.81. The van der Waals surface area contributed by atoms with E-state index in [-0.39, 0.29) is 5.91 Å². The molecule has 0 bridgehead atoms. The van der Waals surface area contributed by atoms with Crippen LogP contribution in [-0.4, -0.2) is 12.5 Å². The molecule has 1 amide bonds. The smallest absolute Gasteiger partial charge is 0.252 e. The average Bonchev–Trinajstić information content (AvgIpc) is 3.02. The van der Waals surface area contributed by atoms with Crippen LogP contribution in [0.15, 0.2) is 114 Å². The van der Waals surface area contributed by atoms with Crippen LogP contribution in [0.5, 0.6) is 0 Å². The molecule has 0 spiro atoms. The number of hydrogen-bond acceptors (Lipinski definition) is 3. The van der Waals surface area contributed by atoms with Gasteiger partial charge in [0.05, 0.1) is 6.07 Å². The molecule has 5 nitrogen and oxygen atoms in total. The van der Waals surface area contributed by atoms with Crippen LogP contribution in [0.4, 0.5) is 17.1 Å². The Morgan fingerprint density at radius 3 is 2.23 bits per heavy atom. The van der Waals surface area contributed by atoms with E-state index in [2.05, 4.69) is 111 Å². The summed E-state index contributed by atoms with van der Waals surface area (Å²) in [5.74, 6) is 0.568. The first-order valence-electron chi connectivity index (χ1n) is 14.8. The predicted molar refractivity (Wildman–Crippen MR) is 180 cm³/mol. The molecule has 2 aliphatic rings. The van der Waals surface area contributed by atoms with Crippen molar-refractivity contribution < 1.29 is 14.2 Å². The Hall–Kier alpha value is -5.42. The van der Waals surface area contributed by atoms with Gasteiger partial charge in [0.25, 0.3) is 5.91 Å². The molecular weight excluding hydrogens is 542 g/mol. The summed E-state index contributed by atoms with van der Waals surface area (Å²) in [5, 5.41) is 8.39. The molecule has 4 aromatic rings. The maximum Gasteiger partial charge on any atom is 0.252 e. The summed E-state index contributed by atoms with van der Waals surface area (Å²) in [6.45, 7) is 12.5. The number of hydrogen-bond donors (Lipinski definition) is 3. The normalized spacial score (nSPS) is 11.6. The minimum Gasteiger partial charge on any atom is -0.456 e. The molecule has 5 heteroatoms. The summed E-state index contributed by atoms with van der Waals surface area (Å²) in [7, 11) is 0. The zero-order valence-electron chi connectivity index (χ0n) is 25.5. The van der Waals surface area contributed by atoms with Crippen LogP contribution >= 0.6 is 0 Å². The van der Waals surface area contributed by atoms with Crippen LogP contribution in [0, 0.1) is 27.7 Å². The third kappa shape index (κ3) is 5.52. The van der Waals surface area contributed by atoms with Crippen molar-refractivity contribution in [3.05, 3.63) is 143 Å². The van der Waals surface area contributed by atoms with Gasteiger partial charge < -0.3 is 15.1 Å². The highest BCUT2D eigenvalue weighted by Crippen LogP contribution is 2.42. The van der Waals surface area contributed by atoms with E-state index in [0.29, 0.717) is 23.5 Å². The van der Waals surface area contributed by atoms with Crippen LogP contribution in [0.25, 0.3) is 33.4 Å². The van der Waals surface area contributed by atoms with Crippen molar-refractivity contribution in [2.75, 3.05) is 11.9 Å². The van der Waals surface area contributed by atoms with Gasteiger partial charge in [-0.2, -0.15) is 0 Å². The number of carbonyl (C=O) groups is 1. The number of amides is 1. The van der Waals surface area contributed by atoms with E-state index in [1.807, 2.05) is 36.4 Å². The van der Waals surface area contributed by atoms with Crippen molar-refractivity contribution in [1.82, 2.24) is 5.32 Å². The Kier molecular flexibility index (Phi) is 7.86. The molecule has 218 valence electrons. The fraction of sp³-hybridized carbons (Fsp3) is 0.128. The fourth-order valence-corrected chi connectivity index (χ4v) is 5.81. The van der Waals surface area contributed by atoms with E-state index in [0.717, 1.165) is 44.5 Å². The molecule has 1 heterocycles. The van der Waals surface area contributed by atoms with Gasteiger partial charge in [-0.05, 0) is 68.7 Å². The summed E-state index contributed by atoms with van der Waals surface area (Å²) in [6.07, 6.45) is 1.68. The third-order valence-corrected chi connectivity index (χ3v) is 8.07. The largest absolute Gasteiger partial charge is 0.456 e. The van der Waals surface area contributed by atoms with Crippen molar-refractivity contribution in [3.63, 3.8) is 0 Å². The lowest BCUT2D eigenvalue weighted by molar-refractivity contribution is -0.403. The lowest BCUT2D eigenvalue weighted by Crippen LogP contribution is -2.71. The molecule has 0 saturated heterocycles. The minimum atomic E-state index is -0.149. The number of fused-ring (bicyclic) bond motifs is 2. The zero-order chi connectivity index (χ0) is 30.8. The first-order valence-corrected chi connectivity index (χ1v) is 14.8. The molecule has 1 aliphatic heterocycles. The van der Waals surface area contributed by atoms with Crippen LogP contribution < -0.4 is 21.0 Å². The standard InChI is InChI=1S/C39H35N3O2/c1-6-21-40-39(43)31-16-8-7-15-30(31)36-32-19-17-28(41-37-24(2)11-9-12-25(37)3)22-34(32)44-35-23-29(18-20-33(35)36)42-38-26(4)13-10-14-27(38)5/h6-20,22-23,41H,1,21H2,2-5H3,(H,40,43)/p+1. The number of carbonyl (C=O) groups excluding carboxylic acids is 1. The molecule has 44 heavy (non-hydrogen) atoms. The van der Waals surface area contributed by atoms with Crippen LogP contribution in [0.3, 0.4) is 0 Å². The summed E-state index contributed by atoms with van der Waals surface area (Å²) in [6, 6.07) is 32.6. The minimum absolute atomic E-state index is 0.149. The van der Waals surface area contributed by atoms with Gasteiger partial charge in [-0.3, -0.25) is 4.79 Å². The molecule has 0 atom stereocenters. The molecule has 4 aromatic carbocycles. The van der Waals surface area contributed by atoms with E-state index in [4.69, 9.17) is 4.42 Å². The van der Waals surface area contributed by atoms with Crippen molar-refractivity contribution >= 4 is 33.9 Å². The van der Waals surface area contributed by atoms with Gasteiger partial charge in [0.2, 0.25) is 11.0 Å². The van der Waals surface area contributed by atoms with Gasteiger partial charge in [0.15, 0.2) is 0 Å². The molecular formula is C39H36N3O2+. The van der Waals surface area contributed by atoms with Crippen molar-refractivity contribution in [2.45, 2.75) is 27.7 Å². The van der Waals surface area contributed by atoms with Gasteiger partial charge in [0, 0.05) is 63.3 Å². The Bertz CT molecular complexity index is 2050. The average molecular weight is 579 g/mol. The Morgan fingerprint density at radius 2 is 1.50 bits per heavy atom. The van der Waals surface area contributed by atoms with Crippen molar-refractivity contribution in [1.29, 1.82) is 0 Å². The van der Waals surface area contributed by atoms with Gasteiger partial charge in [-0.15, -0.1) is 6.58 Å². The molecule has 1 aliphatic carbocycles. The van der Waals surface area contributed by atoms with Gasteiger partial charge >= 0.3 is 0 Å². The van der Waals surface area contributed by atoms with Crippen LogP contribution in [0.2, 0.25) is 0 Å². The Balaban J connectivity index is 1.60. The Labute approximate surface area is 258 Å². The van der Waals surface area contributed by atoms with Gasteiger partial charge in [-0.25, -0.2) is 4.99 Å². The quantitative estimate of drug-likeness (QED) is 0.137. The second-order valence-electron chi connectivity index (χ2n) is 11.2. The molecule has 0 radical (unpaired) electrons. The molecule has 0 unspecified atom stereocenters. The molecule has 3 N–H and O–H groups in total. The lowest BCUT2D eigenvalue weighted by atomic mass is 9.90. The second-order valence-corrected chi connectivity index (χ2v) is 11.2. The van der Waals surface area contributed by atoms with Crippen LogP contribution in [0.1, 0.15) is 32.6 Å². The molecule has 0 aromatic heterocycles. The molecule has 0 saturated carbocycles. The first-order chi connectivity index (χ1) is 21.3. The number of anilines is 2. The number of benzene rings is 5. The monoisotopic (exact) mass is 578 g/mol. The SMILES string of the molecule is C=CCNC(=O)c1ccccc1-c1c2ccc(=[NH+]c3c(C)cccc3C)cc-2oc2cc(Nc3c(C)cccc3C)ccc12. The highest BCUT2D eigenvalue weighted by Gasteiger charge is 2.22. The number of rotatable bonds is 7. The predicted octanol–water partition coefficient (Wildman–Crippen LogP) is 7.41. The van der Waals surface area contributed by atoms with E-state index < -0.39 is 0 Å². The topological polar surface area (TPSA) is 68.2 Å². The molecule has 6 rings (SSSR count). The highest BCUT2D eigenvalue weighted by atomic mass is 16.3. The number of aryl methyl sites for hydroxylation is 4. The Morgan fingerprint density at radius 1 is 0.795 bits per heavy atom. The lowest BCUT2D eigenvalue weighted by Gasteiger charge is -2.18. The van der Waals surface area contributed by atoms with Gasteiger partial charge in [0.1, 0.15) is 11.3 Å². The molecule has 0 fully saturated rings. The van der Waals surface area contributed by atoms with E-state index >= 15 is 0 Å². The summed E-state index contributed by atoms with van der Waals surface area (Å²) >= 11 is 0. The van der Waals surface area contributed by atoms with E-state index in [1.165, 1.54) is 22.3 Å². The van der Waals surface area contributed by atoms with Crippen molar-refractivity contribution in [2.24, 2.45) is 0 Å². The maximum atomic E-state index is 13.3. The summed E-state index contributed by atoms with van der Waals surface area (Å²) < 4.78 is 6.66. The van der Waals surface area contributed by atoms with E-state index in [9.17, 15) is 4.79 Å².